The van der Waals surface area contributed by atoms with Crippen LogP contribution in [-0.2, 0) is 13.6 Å². The summed E-state index contributed by atoms with van der Waals surface area (Å²) in [6.45, 7) is 4.23. The molecule has 0 aromatic heterocycles. The van der Waals surface area contributed by atoms with Crippen LogP contribution in [0.1, 0.15) is 24.2 Å². The van der Waals surface area contributed by atoms with Crippen molar-refractivity contribution >= 4 is 36.0 Å². The molecule has 1 aromatic carbocycles. The van der Waals surface area contributed by atoms with Crippen molar-refractivity contribution in [3.8, 4) is 0 Å². The number of hydrogen-bond acceptors (Lipinski definition) is 8. The van der Waals surface area contributed by atoms with Crippen molar-refractivity contribution in [2.24, 2.45) is 4.99 Å². The Hall–Kier alpha value is -1.74. The Labute approximate surface area is 155 Å². The van der Waals surface area contributed by atoms with Gasteiger partial charge in [0.25, 0.3) is 11.6 Å². The zero-order valence-corrected chi connectivity index (χ0v) is 16.1. The molecule has 26 heavy (non-hydrogen) atoms. The predicted octanol–water partition coefficient (Wildman–Crippen LogP) is 3.06. The third kappa shape index (κ3) is 4.91. The van der Waals surface area contributed by atoms with Crippen LogP contribution in [0.25, 0.3) is 0 Å². The molecule has 0 saturated heterocycles. The minimum Gasteiger partial charge on any atom is -0.333 e. The van der Waals surface area contributed by atoms with Crippen LogP contribution in [0.2, 0.25) is 0 Å². The van der Waals surface area contributed by atoms with Gasteiger partial charge >= 0.3 is 7.60 Å². The van der Waals surface area contributed by atoms with Crippen LogP contribution in [0.5, 0.6) is 0 Å². The zero-order chi connectivity index (χ0) is 19.2. The fourth-order valence-corrected chi connectivity index (χ4v) is 5.40. The Morgan fingerprint density at radius 2 is 1.96 bits per heavy atom. The summed E-state index contributed by atoms with van der Waals surface area (Å²) in [5.74, 6) is -0.838. The summed E-state index contributed by atoms with van der Waals surface area (Å²) >= 11 is 1.39. The van der Waals surface area contributed by atoms with Crippen LogP contribution >= 0.6 is 19.4 Å². The van der Waals surface area contributed by atoms with Crippen molar-refractivity contribution < 1.29 is 23.3 Å². The Kier molecular flexibility index (Phi) is 7.33. The number of aliphatic imine (C=N–C) groups is 1. The molecule has 1 aliphatic heterocycles. The van der Waals surface area contributed by atoms with Gasteiger partial charge in [-0.15, -0.1) is 11.8 Å². The Balaban J connectivity index is 2.27. The highest BCUT2D eigenvalue weighted by atomic mass is 32.2. The van der Waals surface area contributed by atoms with E-state index in [1.165, 1.54) is 36.0 Å². The lowest BCUT2D eigenvalue weighted by Crippen LogP contribution is -2.40. The lowest BCUT2D eigenvalue weighted by atomic mass is 10.2. The van der Waals surface area contributed by atoms with Crippen molar-refractivity contribution in [3.63, 3.8) is 0 Å². The molecular formula is C15H20N3O6PS. The van der Waals surface area contributed by atoms with Crippen LogP contribution in [0.15, 0.2) is 29.3 Å². The number of rotatable bonds is 9. The monoisotopic (exact) mass is 401 g/mol. The number of carbonyl (C=O) groups is 1. The third-order valence-electron chi connectivity index (χ3n) is 3.39. The van der Waals surface area contributed by atoms with Crippen LogP contribution < -0.4 is 5.32 Å². The van der Waals surface area contributed by atoms with E-state index in [2.05, 4.69) is 10.3 Å². The summed E-state index contributed by atoms with van der Waals surface area (Å²) in [7, 11) is -3.67. The summed E-state index contributed by atoms with van der Waals surface area (Å²) in [6.07, 6.45) is 0. The molecule has 1 unspecified atom stereocenters. The number of benzene rings is 1. The Morgan fingerprint density at radius 1 is 1.35 bits per heavy atom. The van der Waals surface area contributed by atoms with Gasteiger partial charge in [-0.25, -0.2) is 0 Å². The smallest absolute Gasteiger partial charge is 0.333 e. The summed E-state index contributed by atoms with van der Waals surface area (Å²) < 4.78 is 23.9. The van der Waals surface area contributed by atoms with Gasteiger partial charge in [-0.05, 0) is 26.0 Å². The number of nitro groups is 1. The minimum absolute atomic E-state index is 0.122. The average molecular weight is 401 g/mol. The van der Waals surface area contributed by atoms with Crippen LogP contribution in [0.4, 0.5) is 5.69 Å². The maximum absolute atomic E-state index is 13.2. The first-order valence-electron chi connectivity index (χ1n) is 8.02. The molecule has 9 nitrogen and oxygen atoms in total. The Morgan fingerprint density at radius 3 is 2.42 bits per heavy atom. The molecule has 1 N–H and O–H groups in total. The topological polar surface area (TPSA) is 120 Å². The molecule has 0 aliphatic carbocycles. The highest BCUT2D eigenvalue weighted by Gasteiger charge is 2.41. The molecule has 0 bridgehead atoms. The van der Waals surface area contributed by atoms with E-state index in [-0.39, 0.29) is 24.5 Å². The number of amides is 1. The van der Waals surface area contributed by atoms with Gasteiger partial charge in [-0.2, -0.15) is 0 Å². The Bertz CT molecular complexity index is 729. The van der Waals surface area contributed by atoms with Crippen molar-refractivity contribution in [1.82, 2.24) is 5.32 Å². The summed E-state index contributed by atoms with van der Waals surface area (Å²) in [5.41, 5.74) is 0.0758. The van der Waals surface area contributed by atoms with Gasteiger partial charge in [0.1, 0.15) is 5.04 Å². The highest BCUT2D eigenvalue weighted by molar-refractivity contribution is 8.14. The number of hydrogen-bond donors (Lipinski definition) is 1. The molecule has 0 fully saturated rings. The second kappa shape index (κ2) is 9.27. The largest absolute Gasteiger partial charge is 0.359 e. The second-order valence-corrected chi connectivity index (χ2v) is 8.35. The fraction of sp³-hybridized carbons (Fsp3) is 0.467. The van der Waals surface area contributed by atoms with Gasteiger partial charge in [-0.1, -0.05) is 0 Å². The van der Waals surface area contributed by atoms with E-state index < -0.39 is 24.2 Å². The molecule has 1 aliphatic rings. The summed E-state index contributed by atoms with van der Waals surface area (Å²) in [4.78, 5) is 27.0. The molecule has 1 amide bonds. The number of thioether (sulfide) groups is 1. The van der Waals surface area contributed by atoms with E-state index in [1.54, 1.807) is 13.8 Å². The van der Waals surface area contributed by atoms with E-state index in [1.807, 2.05) is 0 Å². The van der Waals surface area contributed by atoms with Gasteiger partial charge in [-0.3, -0.25) is 24.5 Å². The number of nitrogens with one attached hydrogen (secondary N) is 1. The van der Waals surface area contributed by atoms with Crippen molar-refractivity contribution in [1.29, 1.82) is 0 Å². The molecule has 0 radical (unpaired) electrons. The summed E-state index contributed by atoms with van der Waals surface area (Å²) in [5, 5.41) is 13.9. The minimum atomic E-state index is -3.67. The molecule has 0 spiro atoms. The van der Waals surface area contributed by atoms with E-state index in [0.29, 0.717) is 11.6 Å². The molecule has 2 rings (SSSR count). The number of non-ortho nitro benzene ring substituents is 1. The molecule has 142 valence electrons. The van der Waals surface area contributed by atoms with E-state index >= 15 is 0 Å². The number of nitrogens with zero attached hydrogens (tertiary/aromatic N) is 2. The van der Waals surface area contributed by atoms with Gasteiger partial charge in [0.05, 0.1) is 18.1 Å². The first-order chi connectivity index (χ1) is 12.4. The number of carbonyl (C=O) groups excluding carboxylic acids is 1. The van der Waals surface area contributed by atoms with Gasteiger partial charge in [0.2, 0.25) is 0 Å². The van der Waals surface area contributed by atoms with Gasteiger partial charge < -0.3 is 14.4 Å². The van der Waals surface area contributed by atoms with Gasteiger partial charge in [0, 0.05) is 30.0 Å². The van der Waals surface area contributed by atoms with Crippen molar-refractivity contribution in [2.45, 2.75) is 19.6 Å². The lowest BCUT2D eigenvalue weighted by Gasteiger charge is -2.26. The van der Waals surface area contributed by atoms with Crippen molar-refractivity contribution in [3.05, 3.63) is 39.9 Å². The molecule has 1 atom stereocenters. The van der Waals surface area contributed by atoms with Crippen LogP contribution in [-0.4, -0.2) is 47.2 Å². The normalized spacial score (nSPS) is 15.4. The van der Waals surface area contributed by atoms with E-state index in [9.17, 15) is 19.5 Å². The molecule has 0 saturated carbocycles. The molecule has 11 heteroatoms. The maximum atomic E-state index is 13.2. The first-order valence-corrected chi connectivity index (χ1v) is 10.6. The standard InChI is InChI=1S/C15H20N3O6PS/c1-3-23-25(22,24-4-2)14(15-16-9-10-26-15)17-13(19)11-5-7-12(8-6-11)18(20)21/h5-8,14H,3-4,9-10H2,1-2H3,(H,17,19). The van der Waals surface area contributed by atoms with Crippen LogP contribution in [0.3, 0.4) is 0 Å². The molecule has 1 heterocycles. The summed E-state index contributed by atoms with van der Waals surface area (Å²) in [6, 6.07) is 5.13. The SMILES string of the molecule is CCOP(=O)(OCC)C(NC(=O)c1ccc([N+](=O)[O-])cc1)C1=NCCS1. The average Bonchev–Trinajstić information content (AvgIpc) is 3.14. The van der Waals surface area contributed by atoms with Crippen molar-refractivity contribution in [2.75, 3.05) is 25.5 Å². The quantitative estimate of drug-likeness (QED) is 0.383. The third-order valence-corrected chi connectivity index (χ3v) is 6.85. The van der Waals surface area contributed by atoms with E-state index in [0.717, 1.165) is 5.75 Å². The zero-order valence-electron chi connectivity index (χ0n) is 14.4. The lowest BCUT2D eigenvalue weighted by molar-refractivity contribution is -0.384. The molecule has 1 aromatic rings. The van der Waals surface area contributed by atoms with Gasteiger partial charge in [0.15, 0.2) is 5.78 Å². The maximum Gasteiger partial charge on any atom is 0.359 e. The second-order valence-electron chi connectivity index (χ2n) is 5.12. The predicted molar refractivity (Wildman–Crippen MR) is 100.0 cm³/mol. The van der Waals surface area contributed by atoms with Crippen LogP contribution in [0, 0.1) is 10.1 Å². The fourth-order valence-electron chi connectivity index (χ4n) is 2.28. The van der Waals surface area contributed by atoms with E-state index in [4.69, 9.17) is 9.05 Å². The number of nitro benzene ring substituents is 1. The molecular weight excluding hydrogens is 381 g/mol. The highest BCUT2D eigenvalue weighted by Crippen LogP contribution is 2.54. The first kappa shape index (κ1) is 20.6.